The Morgan fingerprint density at radius 1 is 1.15 bits per heavy atom. The molecule has 1 atom stereocenters. The number of aliphatic hydroxyl groups is 1. The van der Waals surface area contributed by atoms with Crippen molar-refractivity contribution in [1.29, 1.82) is 0 Å². The van der Waals surface area contributed by atoms with Gasteiger partial charge in [0.15, 0.2) is 0 Å². The number of halogens is 2. The Balaban J connectivity index is 0.00000121. The van der Waals surface area contributed by atoms with Crippen molar-refractivity contribution in [3.8, 4) is 0 Å². The molecule has 1 saturated carbocycles. The Kier molecular flexibility index (Phi) is 7.19. The van der Waals surface area contributed by atoms with Crippen molar-refractivity contribution in [1.82, 2.24) is 5.32 Å². The van der Waals surface area contributed by atoms with Crippen LogP contribution in [0.3, 0.4) is 0 Å². The highest BCUT2D eigenvalue weighted by molar-refractivity contribution is 5.98. The molecule has 1 aromatic carbocycles. The Morgan fingerprint density at radius 3 is 2.50 bits per heavy atom. The number of piperidine rings is 2. The van der Waals surface area contributed by atoms with E-state index in [-0.39, 0.29) is 48.2 Å². The second-order valence-corrected chi connectivity index (χ2v) is 7.59. The van der Waals surface area contributed by atoms with E-state index < -0.39 is 0 Å². The van der Waals surface area contributed by atoms with Gasteiger partial charge in [-0.25, -0.2) is 0 Å². The fourth-order valence-electron chi connectivity index (χ4n) is 4.38. The third-order valence-corrected chi connectivity index (χ3v) is 6.07. The van der Waals surface area contributed by atoms with E-state index >= 15 is 0 Å². The number of aliphatic hydroxyl groups excluding tert-OH is 1. The van der Waals surface area contributed by atoms with Crippen LogP contribution in [0.4, 0.5) is 11.4 Å². The van der Waals surface area contributed by atoms with Gasteiger partial charge in [0.05, 0.1) is 17.5 Å². The van der Waals surface area contributed by atoms with Crippen LogP contribution in [0.1, 0.15) is 32.1 Å². The highest BCUT2D eigenvalue weighted by Gasteiger charge is 2.57. The summed E-state index contributed by atoms with van der Waals surface area (Å²) < 4.78 is 0. The van der Waals surface area contributed by atoms with Crippen molar-refractivity contribution in [2.75, 3.05) is 36.4 Å². The molecule has 0 radical (unpaired) electrons. The molecule has 1 aromatic rings. The lowest BCUT2D eigenvalue weighted by Crippen LogP contribution is -2.36. The molecule has 0 bridgehead atoms. The van der Waals surface area contributed by atoms with E-state index in [0.717, 1.165) is 69.7 Å². The van der Waals surface area contributed by atoms with Crippen molar-refractivity contribution in [2.45, 2.75) is 38.2 Å². The first kappa shape index (κ1) is 21.3. The van der Waals surface area contributed by atoms with Gasteiger partial charge < -0.3 is 20.6 Å². The summed E-state index contributed by atoms with van der Waals surface area (Å²) in [5.41, 5.74) is 2.26. The number of rotatable bonds is 3. The van der Waals surface area contributed by atoms with Crippen molar-refractivity contribution < 1.29 is 9.90 Å². The number of amides is 1. The van der Waals surface area contributed by atoms with Crippen molar-refractivity contribution >= 4 is 42.1 Å². The van der Waals surface area contributed by atoms with Gasteiger partial charge in [0.25, 0.3) is 0 Å². The minimum Gasteiger partial charge on any atom is -0.393 e. The third kappa shape index (κ3) is 4.28. The number of hydrogen-bond acceptors (Lipinski definition) is 4. The minimum absolute atomic E-state index is 0. The maximum Gasteiger partial charge on any atom is 0.228 e. The quantitative estimate of drug-likeness (QED) is 0.728. The fourth-order valence-corrected chi connectivity index (χ4v) is 4.38. The van der Waals surface area contributed by atoms with Gasteiger partial charge in [-0.3, -0.25) is 4.79 Å². The van der Waals surface area contributed by atoms with E-state index in [4.69, 9.17) is 0 Å². The van der Waals surface area contributed by atoms with Gasteiger partial charge in [-0.1, -0.05) is 12.1 Å². The SMILES string of the molecule is Cl.Cl.O=C(Nc1ccccc1N1CCC(O)CC1)C1CC12CCNCC2. The lowest BCUT2D eigenvalue weighted by Gasteiger charge is -2.33. The predicted molar refractivity (Wildman–Crippen MR) is 110 cm³/mol. The average Bonchev–Trinajstić information content (AvgIpc) is 3.30. The van der Waals surface area contributed by atoms with Crippen LogP contribution in [0.2, 0.25) is 0 Å². The number of anilines is 2. The molecule has 2 heterocycles. The van der Waals surface area contributed by atoms with Gasteiger partial charge in [-0.2, -0.15) is 0 Å². The summed E-state index contributed by atoms with van der Waals surface area (Å²) >= 11 is 0. The van der Waals surface area contributed by atoms with Crippen LogP contribution in [0.25, 0.3) is 0 Å². The molecular weight excluding hydrogens is 373 g/mol. The molecule has 5 nitrogen and oxygen atoms in total. The molecule has 4 rings (SSSR count). The average molecular weight is 402 g/mol. The van der Waals surface area contributed by atoms with Gasteiger partial charge >= 0.3 is 0 Å². The van der Waals surface area contributed by atoms with Crippen LogP contribution < -0.4 is 15.5 Å². The first-order chi connectivity index (χ1) is 11.7. The minimum atomic E-state index is -0.186. The Hall–Kier alpha value is -1.01. The van der Waals surface area contributed by atoms with Gasteiger partial charge in [0, 0.05) is 19.0 Å². The molecular formula is C19H29Cl2N3O2. The topological polar surface area (TPSA) is 64.6 Å². The van der Waals surface area contributed by atoms with Gasteiger partial charge in [0.2, 0.25) is 5.91 Å². The number of para-hydroxylation sites is 2. The fraction of sp³-hybridized carbons (Fsp3) is 0.632. The molecule has 2 aliphatic heterocycles. The second kappa shape index (κ2) is 8.79. The Morgan fingerprint density at radius 2 is 1.81 bits per heavy atom. The van der Waals surface area contributed by atoms with Crippen LogP contribution in [-0.4, -0.2) is 43.3 Å². The summed E-state index contributed by atoms with van der Waals surface area (Å²) in [6.07, 6.45) is 4.68. The first-order valence-electron chi connectivity index (χ1n) is 9.22. The molecule has 3 aliphatic rings. The summed E-state index contributed by atoms with van der Waals surface area (Å²) in [5.74, 6) is 0.359. The van der Waals surface area contributed by atoms with Crippen molar-refractivity contribution in [3.05, 3.63) is 24.3 Å². The summed E-state index contributed by atoms with van der Waals surface area (Å²) in [5, 5.41) is 16.3. The van der Waals surface area contributed by atoms with Gasteiger partial charge in [-0.15, -0.1) is 24.8 Å². The van der Waals surface area contributed by atoms with Crippen LogP contribution >= 0.6 is 24.8 Å². The molecule has 1 amide bonds. The maximum atomic E-state index is 12.7. The Labute approximate surface area is 167 Å². The van der Waals surface area contributed by atoms with Crippen LogP contribution in [0.15, 0.2) is 24.3 Å². The van der Waals surface area contributed by atoms with E-state index in [1.165, 1.54) is 0 Å². The molecule has 3 fully saturated rings. The molecule has 2 saturated heterocycles. The zero-order valence-corrected chi connectivity index (χ0v) is 16.6. The molecule has 26 heavy (non-hydrogen) atoms. The van der Waals surface area contributed by atoms with Crippen molar-refractivity contribution in [3.63, 3.8) is 0 Å². The first-order valence-corrected chi connectivity index (χ1v) is 9.22. The summed E-state index contributed by atoms with van der Waals surface area (Å²) in [7, 11) is 0. The maximum absolute atomic E-state index is 12.7. The molecule has 1 aliphatic carbocycles. The number of benzene rings is 1. The summed E-state index contributed by atoms with van der Waals surface area (Å²) in [4.78, 5) is 15.0. The highest BCUT2D eigenvalue weighted by Crippen LogP contribution is 2.58. The second-order valence-electron chi connectivity index (χ2n) is 7.59. The molecule has 1 unspecified atom stereocenters. The molecule has 1 spiro atoms. The normalized spacial score (nSPS) is 24.3. The summed E-state index contributed by atoms with van der Waals surface area (Å²) in [6.45, 7) is 3.76. The van der Waals surface area contributed by atoms with E-state index in [2.05, 4.69) is 21.6 Å². The zero-order valence-electron chi connectivity index (χ0n) is 14.9. The van der Waals surface area contributed by atoms with E-state index in [9.17, 15) is 9.90 Å². The number of nitrogens with one attached hydrogen (secondary N) is 2. The van der Waals surface area contributed by atoms with E-state index in [1.54, 1.807) is 0 Å². The molecule has 146 valence electrons. The lowest BCUT2D eigenvalue weighted by atomic mass is 9.92. The number of nitrogens with zero attached hydrogens (tertiary/aromatic N) is 1. The molecule has 7 heteroatoms. The lowest BCUT2D eigenvalue weighted by molar-refractivity contribution is -0.118. The smallest absolute Gasteiger partial charge is 0.228 e. The number of carbonyl (C=O) groups excluding carboxylic acids is 1. The van der Waals surface area contributed by atoms with Crippen LogP contribution in [0.5, 0.6) is 0 Å². The predicted octanol–water partition coefficient (Wildman–Crippen LogP) is 2.82. The van der Waals surface area contributed by atoms with Gasteiger partial charge in [0.1, 0.15) is 0 Å². The standard InChI is InChI=1S/C19H27N3O2.2ClH/c23-14-5-11-22(12-6-14)17-4-2-1-3-16(17)21-18(24)15-13-19(15)7-9-20-10-8-19;;/h1-4,14-15,20,23H,5-13H2,(H,21,24);2*1H. The van der Waals surface area contributed by atoms with Crippen molar-refractivity contribution in [2.24, 2.45) is 11.3 Å². The largest absolute Gasteiger partial charge is 0.393 e. The summed E-state index contributed by atoms with van der Waals surface area (Å²) in [6, 6.07) is 8.06. The zero-order chi connectivity index (χ0) is 16.6. The van der Waals surface area contributed by atoms with Gasteiger partial charge in [-0.05, 0) is 62.7 Å². The molecule has 3 N–H and O–H groups in total. The highest BCUT2D eigenvalue weighted by atomic mass is 35.5. The third-order valence-electron chi connectivity index (χ3n) is 6.07. The van der Waals surface area contributed by atoms with E-state index in [0.29, 0.717) is 0 Å². The number of carbonyl (C=O) groups is 1. The van der Waals surface area contributed by atoms with E-state index in [1.807, 2.05) is 18.2 Å². The van der Waals surface area contributed by atoms with Crippen LogP contribution in [0, 0.1) is 11.3 Å². The Bertz CT molecular complexity index is 615. The monoisotopic (exact) mass is 401 g/mol. The number of hydrogen-bond donors (Lipinski definition) is 3. The van der Waals surface area contributed by atoms with Crippen LogP contribution in [-0.2, 0) is 4.79 Å². The molecule has 0 aromatic heterocycles.